The quantitative estimate of drug-likeness (QED) is 0.0910. The number of nitrogens with one attached hydrogen (secondary N) is 1. The Hall–Kier alpha value is -2.82. The number of hydrogen-bond acceptors (Lipinski definition) is 6. The summed E-state index contributed by atoms with van der Waals surface area (Å²) in [5.74, 6) is -1.98. The van der Waals surface area contributed by atoms with Gasteiger partial charge in [0.2, 0.25) is 11.8 Å². The van der Waals surface area contributed by atoms with Gasteiger partial charge in [-0.15, -0.1) is 11.8 Å². The first kappa shape index (κ1) is 31.1. The van der Waals surface area contributed by atoms with Gasteiger partial charge in [0.25, 0.3) is 0 Å². The van der Waals surface area contributed by atoms with E-state index in [1.807, 2.05) is 60.7 Å². The zero-order valence-electron chi connectivity index (χ0n) is 21.7. The van der Waals surface area contributed by atoms with Crippen LogP contribution in [0.2, 0.25) is 10.0 Å². The first-order chi connectivity index (χ1) is 19.6. The van der Waals surface area contributed by atoms with E-state index in [0.717, 1.165) is 27.8 Å². The first-order valence-corrected chi connectivity index (χ1v) is 16.1. The minimum absolute atomic E-state index is 0.0748. The number of benzene rings is 3. The van der Waals surface area contributed by atoms with Crippen molar-refractivity contribution in [1.29, 1.82) is 0 Å². The van der Waals surface area contributed by atoms with Gasteiger partial charge in [0.1, 0.15) is 16.1 Å². The predicted molar refractivity (Wildman–Crippen MR) is 163 cm³/mol. The summed E-state index contributed by atoms with van der Waals surface area (Å²) in [5, 5.41) is 2.23. The second-order valence-electron chi connectivity index (χ2n) is 9.18. The maximum absolute atomic E-state index is 13.6. The molecule has 214 valence electrons. The smallest absolute Gasteiger partial charge is 0.334 e. The van der Waals surface area contributed by atoms with Gasteiger partial charge in [-0.1, -0.05) is 90.4 Å². The Morgan fingerprint density at radius 3 is 2.15 bits per heavy atom. The average molecular weight is 652 g/mol. The maximum atomic E-state index is 13.6. The molecule has 1 saturated heterocycles. The number of nitrogens with zero attached hydrogens (tertiary/aromatic N) is 1. The van der Waals surface area contributed by atoms with E-state index < -0.39 is 51.4 Å². The molecule has 1 aliphatic heterocycles. The minimum atomic E-state index is -2.13. The molecule has 7 nitrogen and oxygen atoms in total. The third-order valence-corrected chi connectivity index (χ3v) is 9.41. The fourth-order valence-electron chi connectivity index (χ4n) is 4.36. The lowest BCUT2D eigenvalue weighted by Crippen LogP contribution is -2.75. The fourth-order valence-corrected chi connectivity index (χ4v) is 7.03. The highest BCUT2D eigenvalue weighted by Crippen LogP contribution is 2.34. The highest BCUT2D eigenvalue weighted by molar-refractivity contribution is 8.08. The Balaban J connectivity index is 1.50. The van der Waals surface area contributed by atoms with Crippen LogP contribution in [0.5, 0.6) is 0 Å². The number of carbonyl (C=O) groups excluding carboxylic acids is 3. The van der Waals surface area contributed by atoms with Crippen LogP contribution in [-0.4, -0.2) is 50.1 Å². The van der Waals surface area contributed by atoms with E-state index in [2.05, 4.69) is 11.9 Å². The number of amides is 2. The lowest BCUT2D eigenvalue weighted by atomic mass is 9.98. The van der Waals surface area contributed by atoms with Crippen molar-refractivity contribution in [3.63, 3.8) is 0 Å². The van der Waals surface area contributed by atoms with Crippen molar-refractivity contribution in [3.05, 3.63) is 112 Å². The van der Waals surface area contributed by atoms with Crippen LogP contribution >= 0.6 is 45.6 Å². The van der Waals surface area contributed by atoms with Gasteiger partial charge in [0.15, 0.2) is 17.5 Å². The molecule has 0 spiro atoms. The molecule has 12 heteroatoms. The largest absolute Gasteiger partial charge is 0.451 e. The Kier molecular flexibility index (Phi) is 10.5. The number of β-lactam (4-membered cyclic amide) rings is 1. The number of ether oxygens (including phenoxy) is 1. The monoisotopic (exact) mass is 650 g/mol. The van der Waals surface area contributed by atoms with Crippen molar-refractivity contribution in [2.75, 3.05) is 5.75 Å². The van der Waals surface area contributed by atoms with E-state index in [1.54, 1.807) is 25.1 Å². The molecule has 0 bridgehead atoms. The normalized spacial score (nSPS) is 17.9. The van der Waals surface area contributed by atoms with Gasteiger partial charge in [-0.05, 0) is 52.5 Å². The lowest BCUT2D eigenvalue weighted by Gasteiger charge is -2.48. The number of thioether (sulfide) groups is 1. The van der Waals surface area contributed by atoms with Gasteiger partial charge in [0.05, 0.1) is 10.8 Å². The Labute approximate surface area is 259 Å². The van der Waals surface area contributed by atoms with Gasteiger partial charge in [-0.25, -0.2) is 9.00 Å². The molecule has 4 atom stereocenters. The predicted octanol–water partition coefficient (Wildman–Crippen LogP) is 5.92. The van der Waals surface area contributed by atoms with Crippen molar-refractivity contribution in [2.45, 2.75) is 35.4 Å². The molecule has 3 aromatic carbocycles. The van der Waals surface area contributed by atoms with Crippen molar-refractivity contribution >= 4 is 73.4 Å². The molecule has 1 aliphatic rings. The molecule has 0 saturated carbocycles. The maximum Gasteiger partial charge on any atom is 0.334 e. The molecule has 3 aromatic rings. The third-order valence-electron chi connectivity index (χ3n) is 6.25. The Bertz CT molecular complexity index is 1440. The second kappa shape index (κ2) is 13.9. The van der Waals surface area contributed by atoms with Crippen LogP contribution in [-0.2, 0) is 29.1 Å². The van der Waals surface area contributed by atoms with Gasteiger partial charge < -0.3 is 15.0 Å². The van der Waals surface area contributed by atoms with E-state index in [1.165, 1.54) is 0 Å². The van der Waals surface area contributed by atoms with Crippen LogP contribution in [0, 0.1) is 0 Å². The molecule has 41 heavy (non-hydrogen) atoms. The number of likely N-dealkylation sites (tertiary alicyclic amines) is 1. The van der Waals surface area contributed by atoms with E-state index in [9.17, 15) is 18.6 Å². The molecule has 2 amide bonds. The van der Waals surface area contributed by atoms with E-state index in [4.69, 9.17) is 38.6 Å². The zero-order valence-corrected chi connectivity index (χ0v) is 25.6. The summed E-state index contributed by atoms with van der Waals surface area (Å²) in [4.78, 5) is 41.3. The molecule has 4 unspecified atom stereocenters. The summed E-state index contributed by atoms with van der Waals surface area (Å²) in [7, 11) is 3.85. The van der Waals surface area contributed by atoms with Crippen molar-refractivity contribution in [3.8, 4) is 0 Å². The minimum Gasteiger partial charge on any atom is -0.451 e. The van der Waals surface area contributed by atoms with Crippen molar-refractivity contribution < 1.29 is 23.3 Å². The SMILES string of the molecule is C=C(C)C(C(=O)OC(c1ccccc1)c1ccccc1)N1C(=O)C(NC(=O)CSc2ccc(Cl)cc2Cl)C1S(=O)Cl. The standard InChI is InChI=1S/C29H25Cl3N2O5S2/c1-17(2)25(29(37)39-26(18-9-5-3-6-10-18)19-11-7-4-8-12-19)34-27(36)24(28(34)41(32)38)33-23(35)16-40-22-14-13-20(30)15-21(22)31/h3-15,24-26,28H,1,16H2,2H3,(H,33,35). The summed E-state index contributed by atoms with van der Waals surface area (Å²) in [5.41, 5.74) is 1.74. The van der Waals surface area contributed by atoms with Crippen LogP contribution in [0.25, 0.3) is 0 Å². The molecule has 1 heterocycles. The molecule has 0 radical (unpaired) electrons. The zero-order chi connectivity index (χ0) is 29.7. The molecule has 0 aliphatic carbocycles. The summed E-state index contributed by atoms with van der Waals surface area (Å²) >= 11 is 13.2. The molecule has 1 fully saturated rings. The number of esters is 1. The highest BCUT2D eigenvalue weighted by Gasteiger charge is 2.56. The molecule has 0 aromatic heterocycles. The van der Waals surface area contributed by atoms with Crippen LogP contribution in [0.3, 0.4) is 0 Å². The van der Waals surface area contributed by atoms with Crippen molar-refractivity contribution in [1.82, 2.24) is 10.2 Å². The topological polar surface area (TPSA) is 92.8 Å². The highest BCUT2D eigenvalue weighted by atomic mass is 35.7. The molecular formula is C29H25Cl3N2O5S2. The Morgan fingerprint density at radius 1 is 1.05 bits per heavy atom. The second-order valence-corrected chi connectivity index (χ2v) is 12.9. The van der Waals surface area contributed by atoms with Gasteiger partial charge in [0, 0.05) is 9.92 Å². The van der Waals surface area contributed by atoms with Crippen LogP contribution in [0.4, 0.5) is 0 Å². The molecule has 4 rings (SSSR count). The van der Waals surface area contributed by atoms with Gasteiger partial charge >= 0.3 is 5.97 Å². The summed E-state index contributed by atoms with van der Waals surface area (Å²) < 4.78 is 18.5. The third kappa shape index (κ3) is 7.34. The van der Waals surface area contributed by atoms with E-state index in [0.29, 0.717) is 14.9 Å². The number of carbonyl (C=O) groups is 3. The molecular weight excluding hydrogens is 627 g/mol. The van der Waals surface area contributed by atoms with Gasteiger partial charge in [-0.3, -0.25) is 9.59 Å². The van der Waals surface area contributed by atoms with Gasteiger partial charge in [-0.2, -0.15) is 0 Å². The van der Waals surface area contributed by atoms with Crippen LogP contribution in [0.15, 0.2) is 95.9 Å². The first-order valence-electron chi connectivity index (χ1n) is 12.3. The number of hydrogen-bond donors (Lipinski definition) is 1. The summed E-state index contributed by atoms with van der Waals surface area (Å²) in [6, 6.07) is 20.7. The number of rotatable bonds is 11. The lowest BCUT2D eigenvalue weighted by molar-refractivity contribution is -0.165. The Morgan fingerprint density at radius 2 is 1.63 bits per heavy atom. The van der Waals surface area contributed by atoms with Crippen molar-refractivity contribution in [2.24, 2.45) is 0 Å². The number of halogens is 3. The van der Waals surface area contributed by atoms with Crippen LogP contribution in [0.1, 0.15) is 24.2 Å². The van der Waals surface area contributed by atoms with Crippen LogP contribution < -0.4 is 5.32 Å². The summed E-state index contributed by atoms with van der Waals surface area (Å²) in [6.45, 7) is 5.44. The summed E-state index contributed by atoms with van der Waals surface area (Å²) in [6.07, 6.45) is -0.768. The average Bonchev–Trinajstić information content (AvgIpc) is 2.94. The molecule has 1 N–H and O–H groups in total. The van der Waals surface area contributed by atoms with E-state index >= 15 is 0 Å². The fraction of sp³-hybridized carbons (Fsp3) is 0.207. The van der Waals surface area contributed by atoms with E-state index in [-0.39, 0.29) is 11.3 Å².